The molecule has 6 heteroatoms. The standard InChI is InChI=1S/C29H29N5O/c1-3-22-15-24(23-6-4-5-7-26(23)31-22)25-14-21(16-30)28(32-27(25)19-8-9-19)33-12-13-34(18(2)17-33)29(35)20-10-11-20/h3-7,14-15,18-20H,1,8-13,17H2,2H3. The second-order valence-corrected chi connectivity index (χ2v) is 10.1. The first kappa shape index (κ1) is 21.8. The molecule has 1 saturated heterocycles. The number of hydrogen-bond acceptors (Lipinski definition) is 5. The largest absolute Gasteiger partial charge is 0.352 e. The van der Waals surface area contributed by atoms with E-state index in [9.17, 15) is 10.1 Å². The number of nitrogens with zero attached hydrogens (tertiary/aromatic N) is 5. The lowest BCUT2D eigenvalue weighted by molar-refractivity contribution is -0.134. The number of hydrogen-bond donors (Lipinski definition) is 0. The van der Waals surface area contributed by atoms with Gasteiger partial charge in [0.1, 0.15) is 11.9 Å². The van der Waals surface area contributed by atoms with Crippen molar-refractivity contribution in [1.29, 1.82) is 5.26 Å². The van der Waals surface area contributed by atoms with E-state index in [4.69, 9.17) is 9.97 Å². The molecule has 1 aromatic carbocycles. The molecule has 3 aromatic rings. The minimum absolute atomic E-state index is 0.105. The maximum Gasteiger partial charge on any atom is 0.226 e. The van der Waals surface area contributed by atoms with E-state index >= 15 is 0 Å². The van der Waals surface area contributed by atoms with Gasteiger partial charge < -0.3 is 9.80 Å². The highest BCUT2D eigenvalue weighted by Crippen LogP contribution is 2.46. The van der Waals surface area contributed by atoms with Gasteiger partial charge in [-0.1, -0.05) is 24.8 Å². The SMILES string of the molecule is C=Cc1cc(-c2cc(C#N)c(N3CCN(C(=O)C4CC4)C(C)C3)nc2C2CC2)c2ccccc2n1. The van der Waals surface area contributed by atoms with Crippen LogP contribution in [0.15, 0.2) is 43.0 Å². The monoisotopic (exact) mass is 463 g/mol. The number of anilines is 1. The Morgan fingerprint density at radius 1 is 1.11 bits per heavy atom. The summed E-state index contributed by atoms with van der Waals surface area (Å²) in [4.78, 5) is 26.8. The Morgan fingerprint density at radius 2 is 1.91 bits per heavy atom. The van der Waals surface area contributed by atoms with Crippen molar-refractivity contribution in [3.8, 4) is 17.2 Å². The number of fused-ring (bicyclic) bond motifs is 1. The van der Waals surface area contributed by atoms with Gasteiger partial charge in [0.05, 0.1) is 22.5 Å². The average Bonchev–Trinajstić information content (AvgIpc) is 3.80. The number of nitriles is 1. The van der Waals surface area contributed by atoms with Gasteiger partial charge in [-0.15, -0.1) is 0 Å². The first-order valence-corrected chi connectivity index (χ1v) is 12.6. The second kappa shape index (κ2) is 8.49. The second-order valence-electron chi connectivity index (χ2n) is 10.1. The number of aromatic nitrogens is 2. The van der Waals surface area contributed by atoms with Gasteiger partial charge in [-0.3, -0.25) is 4.79 Å². The summed E-state index contributed by atoms with van der Waals surface area (Å²) in [5, 5.41) is 11.2. The zero-order chi connectivity index (χ0) is 24.1. The van der Waals surface area contributed by atoms with Crippen LogP contribution in [-0.4, -0.2) is 46.5 Å². The molecular formula is C29H29N5O. The van der Waals surface area contributed by atoms with E-state index < -0.39 is 0 Å². The van der Waals surface area contributed by atoms with Crippen molar-refractivity contribution in [1.82, 2.24) is 14.9 Å². The molecule has 0 bridgehead atoms. The number of pyridine rings is 2. The number of amides is 1. The molecule has 1 unspecified atom stereocenters. The molecule has 2 saturated carbocycles. The van der Waals surface area contributed by atoms with Crippen molar-refractivity contribution in [3.05, 3.63) is 59.9 Å². The highest BCUT2D eigenvalue weighted by molar-refractivity contribution is 5.96. The Morgan fingerprint density at radius 3 is 2.60 bits per heavy atom. The molecule has 0 radical (unpaired) electrons. The molecule has 3 aliphatic rings. The molecule has 1 amide bonds. The van der Waals surface area contributed by atoms with Crippen LogP contribution >= 0.6 is 0 Å². The van der Waals surface area contributed by atoms with E-state index in [0.29, 0.717) is 37.0 Å². The molecule has 2 aromatic heterocycles. The zero-order valence-corrected chi connectivity index (χ0v) is 20.1. The number of piperazine rings is 1. The van der Waals surface area contributed by atoms with Crippen molar-refractivity contribution >= 4 is 28.7 Å². The third-order valence-electron chi connectivity index (χ3n) is 7.49. The maximum atomic E-state index is 12.7. The molecule has 35 heavy (non-hydrogen) atoms. The highest BCUT2D eigenvalue weighted by atomic mass is 16.2. The summed E-state index contributed by atoms with van der Waals surface area (Å²) in [6.07, 6.45) is 6.04. The Balaban J connectivity index is 1.42. The van der Waals surface area contributed by atoms with E-state index in [0.717, 1.165) is 64.9 Å². The summed E-state index contributed by atoms with van der Waals surface area (Å²) in [7, 11) is 0. The summed E-state index contributed by atoms with van der Waals surface area (Å²) < 4.78 is 0. The molecule has 2 aliphatic carbocycles. The van der Waals surface area contributed by atoms with Gasteiger partial charge in [0.25, 0.3) is 0 Å². The quantitative estimate of drug-likeness (QED) is 0.524. The molecule has 0 N–H and O–H groups in total. The smallest absolute Gasteiger partial charge is 0.226 e. The van der Waals surface area contributed by atoms with E-state index in [1.54, 1.807) is 6.08 Å². The number of rotatable bonds is 5. The van der Waals surface area contributed by atoms with Crippen LogP contribution in [0.3, 0.4) is 0 Å². The van der Waals surface area contributed by atoms with Crippen LogP contribution in [0.1, 0.15) is 55.5 Å². The summed E-state index contributed by atoms with van der Waals surface area (Å²) in [6.45, 7) is 8.11. The van der Waals surface area contributed by atoms with Crippen LogP contribution in [0.5, 0.6) is 0 Å². The van der Waals surface area contributed by atoms with Gasteiger partial charge in [0, 0.05) is 48.5 Å². The normalized spacial score (nSPS) is 20.1. The van der Waals surface area contributed by atoms with Gasteiger partial charge in [0.2, 0.25) is 5.91 Å². The maximum absolute atomic E-state index is 12.7. The molecule has 1 atom stereocenters. The molecule has 6 nitrogen and oxygen atoms in total. The zero-order valence-electron chi connectivity index (χ0n) is 20.1. The van der Waals surface area contributed by atoms with Crippen LogP contribution in [0.25, 0.3) is 28.1 Å². The van der Waals surface area contributed by atoms with Gasteiger partial charge in [-0.05, 0) is 62.4 Å². The molecule has 3 fully saturated rings. The highest BCUT2D eigenvalue weighted by Gasteiger charge is 2.38. The van der Waals surface area contributed by atoms with Crippen molar-refractivity contribution in [2.24, 2.45) is 5.92 Å². The third kappa shape index (κ3) is 3.95. The summed E-state index contributed by atoms with van der Waals surface area (Å²) in [6, 6.07) is 14.7. The lowest BCUT2D eigenvalue weighted by atomic mass is 9.95. The van der Waals surface area contributed by atoms with Crippen LogP contribution in [0, 0.1) is 17.2 Å². The van der Waals surface area contributed by atoms with Crippen LogP contribution in [-0.2, 0) is 4.79 Å². The lowest BCUT2D eigenvalue weighted by Crippen LogP contribution is -2.54. The van der Waals surface area contributed by atoms with Crippen molar-refractivity contribution in [2.45, 2.75) is 44.6 Å². The Hall–Kier alpha value is -3.72. The first-order chi connectivity index (χ1) is 17.1. The fourth-order valence-electron chi connectivity index (χ4n) is 5.29. The van der Waals surface area contributed by atoms with Crippen LogP contribution in [0.4, 0.5) is 5.82 Å². The Labute approximate surface area is 205 Å². The first-order valence-electron chi connectivity index (χ1n) is 12.6. The van der Waals surface area contributed by atoms with E-state index in [1.165, 1.54) is 0 Å². The predicted molar refractivity (Wildman–Crippen MR) is 138 cm³/mol. The molecule has 6 rings (SSSR count). The predicted octanol–water partition coefficient (Wildman–Crippen LogP) is 5.14. The number of benzene rings is 1. The third-order valence-corrected chi connectivity index (χ3v) is 7.49. The van der Waals surface area contributed by atoms with Crippen LogP contribution < -0.4 is 4.90 Å². The van der Waals surface area contributed by atoms with E-state index in [-0.39, 0.29) is 12.0 Å². The number of carbonyl (C=O) groups excluding carboxylic acids is 1. The minimum atomic E-state index is 0.105. The summed E-state index contributed by atoms with van der Waals surface area (Å²) in [5.74, 6) is 1.69. The van der Waals surface area contributed by atoms with Crippen molar-refractivity contribution < 1.29 is 4.79 Å². The van der Waals surface area contributed by atoms with Crippen molar-refractivity contribution in [2.75, 3.05) is 24.5 Å². The fraction of sp³-hybridized carbons (Fsp3) is 0.379. The van der Waals surface area contributed by atoms with Gasteiger partial charge >= 0.3 is 0 Å². The Bertz CT molecular complexity index is 1380. The summed E-state index contributed by atoms with van der Waals surface area (Å²) in [5.41, 5.74) is 5.44. The van der Waals surface area contributed by atoms with Gasteiger partial charge in [-0.2, -0.15) is 5.26 Å². The van der Waals surface area contributed by atoms with E-state index in [2.05, 4.69) is 36.6 Å². The molecule has 0 spiro atoms. The van der Waals surface area contributed by atoms with E-state index in [1.807, 2.05) is 29.2 Å². The number of para-hydroxylation sites is 1. The summed E-state index contributed by atoms with van der Waals surface area (Å²) >= 11 is 0. The topological polar surface area (TPSA) is 73.1 Å². The lowest BCUT2D eigenvalue weighted by Gasteiger charge is -2.41. The van der Waals surface area contributed by atoms with Gasteiger partial charge in [0.15, 0.2) is 0 Å². The molecule has 1 aliphatic heterocycles. The average molecular weight is 464 g/mol. The Kier molecular flexibility index (Phi) is 5.29. The molecule has 176 valence electrons. The van der Waals surface area contributed by atoms with Gasteiger partial charge in [-0.25, -0.2) is 9.97 Å². The fourth-order valence-corrected chi connectivity index (χ4v) is 5.29. The molecule has 3 heterocycles. The molecular weight excluding hydrogens is 434 g/mol. The minimum Gasteiger partial charge on any atom is -0.352 e. The number of carbonyl (C=O) groups is 1. The van der Waals surface area contributed by atoms with Crippen LogP contribution in [0.2, 0.25) is 0 Å². The van der Waals surface area contributed by atoms with Crippen molar-refractivity contribution in [3.63, 3.8) is 0 Å².